The van der Waals surface area contributed by atoms with Gasteiger partial charge < -0.3 is 20.5 Å². The second-order valence-electron chi connectivity index (χ2n) is 5.25. The molecule has 0 spiro atoms. The molecule has 0 fully saturated rings. The Bertz CT molecular complexity index is 825. The number of nitrogens with zero attached hydrogens (tertiary/aromatic N) is 1. The number of carboxylic acids is 1. The van der Waals surface area contributed by atoms with Crippen LogP contribution in [0.15, 0.2) is 42.5 Å². The average Bonchev–Trinajstić information content (AvgIpc) is 2.59. The summed E-state index contributed by atoms with van der Waals surface area (Å²) in [7, 11) is 1.46. The largest absolute Gasteiger partial charge is 0.495 e. The second-order valence-corrected chi connectivity index (χ2v) is 5.25. The number of methoxy groups -OCH3 is 1. The van der Waals surface area contributed by atoms with Crippen molar-refractivity contribution in [1.29, 1.82) is 5.26 Å². The molecule has 2 aromatic carbocycles. The summed E-state index contributed by atoms with van der Waals surface area (Å²) in [5.74, 6) is -0.938. The summed E-state index contributed by atoms with van der Waals surface area (Å²) in [6, 6.07) is 12.2. The van der Waals surface area contributed by atoms with Crippen LogP contribution in [0.2, 0.25) is 0 Å². The van der Waals surface area contributed by atoms with Crippen molar-refractivity contribution >= 4 is 23.3 Å². The third kappa shape index (κ3) is 4.48. The molecule has 0 aliphatic heterocycles. The van der Waals surface area contributed by atoms with Gasteiger partial charge in [0.25, 0.3) is 0 Å². The number of ether oxygens (including phenoxy) is 1. The number of hydrogen-bond donors (Lipinski definition) is 3. The minimum absolute atomic E-state index is 0.289. The van der Waals surface area contributed by atoms with Crippen LogP contribution in [0.25, 0.3) is 0 Å². The Balaban J connectivity index is 2.34. The predicted molar refractivity (Wildman–Crippen MR) is 92.5 cm³/mol. The Hall–Kier alpha value is -3.53. The Kier molecular flexibility index (Phi) is 5.58. The summed E-state index contributed by atoms with van der Waals surface area (Å²) < 4.78 is 5.17. The minimum atomic E-state index is -1.08. The maximum atomic E-state index is 11.7. The van der Waals surface area contributed by atoms with E-state index in [1.54, 1.807) is 42.5 Å². The first kappa shape index (κ1) is 17.8. The van der Waals surface area contributed by atoms with Crippen LogP contribution in [0.1, 0.15) is 24.1 Å². The molecule has 0 saturated carbocycles. The molecule has 1 amide bonds. The van der Waals surface area contributed by atoms with Crippen molar-refractivity contribution in [3.8, 4) is 11.8 Å². The molecule has 0 radical (unpaired) electrons. The summed E-state index contributed by atoms with van der Waals surface area (Å²) >= 11 is 0. The van der Waals surface area contributed by atoms with Crippen molar-refractivity contribution in [3.63, 3.8) is 0 Å². The predicted octanol–water partition coefficient (Wildman–Crippen LogP) is 2.76. The molecule has 7 heteroatoms. The molecule has 0 heterocycles. The number of amides is 1. The monoisotopic (exact) mass is 339 g/mol. The number of nitriles is 1. The molecule has 0 aliphatic carbocycles. The van der Waals surface area contributed by atoms with Gasteiger partial charge in [-0.3, -0.25) is 4.79 Å². The van der Waals surface area contributed by atoms with Crippen molar-refractivity contribution in [2.45, 2.75) is 13.0 Å². The van der Waals surface area contributed by atoms with E-state index in [1.165, 1.54) is 14.0 Å². The molecule has 25 heavy (non-hydrogen) atoms. The fraction of sp³-hybridized carbons (Fsp3) is 0.167. The summed E-state index contributed by atoms with van der Waals surface area (Å²) in [5.41, 5.74) is 1.87. The molecule has 0 bridgehead atoms. The lowest BCUT2D eigenvalue weighted by molar-refractivity contribution is -0.138. The van der Waals surface area contributed by atoms with Crippen LogP contribution in [-0.4, -0.2) is 24.1 Å². The first-order chi connectivity index (χ1) is 11.9. The summed E-state index contributed by atoms with van der Waals surface area (Å²) in [6.07, 6.45) is 0. The van der Waals surface area contributed by atoms with E-state index in [0.29, 0.717) is 28.3 Å². The Morgan fingerprint density at radius 1 is 1.20 bits per heavy atom. The van der Waals surface area contributed by atoms with Crippen LogP contribution in [0.3, 0.4) is 0 Å². The summed E-state index contributed by atoms with van der Waals surface area (Å²) in [6.45, 7) is 1.36. The molecule has 1 atom stereocenters. The van der Waals surface area contributed by atoms with Crippen molar-refractivity contribution in [2.75, 3.05) is 17.7 Å². The maximum absolute atomic E-state index is 11.7. The van der Waals surface area contributed by atoms with Gasteiger partial charge in [0.1, 0.15) is 5.75 Å². The fourth-order valence-electron chi connectivity index (χ4n) is 2.29. The van der Waals surface area contributed by atoms with Crippen LogP contribution in [0.5, 0.6) is 5.75 Å². The number of benzene rings is 2. The lowest BCUT2D eigenvalue weighted by Crippen LogP contribution is -2.21. The SMILES string of the molecule is COc1ccc(C(Nc2ccc(C#N)cc2)C(=O)O)cc1NC(C)=O. The third-order valence-corrected chi connectivity index (χ3v) is 3.44. The van der Waals surface area contributed by atoms with Crippen LogP contribution in [-0.2, 0) is 9.59 Å². The lowest BCUT2D eigenvalue weighted by atomic mass is 10.0. The van der Waals surface area contributed by atoms with Crippen LogP contribution < -0.4 is 15.4 Å². The molecule has 1 unspecified atom stereocenters. The van der Waals surface area contributed by atoms with Gasteiger partial charge in [-0.2, -0.15) is 5.26 Å². The number of carboxylic acid groups (broad SMARTS) is 1. The molecule has 2 rings (SSSR count). The van der Waals surface area contributed by atoms with E-state index in [4.69, 9.17) is 10.00 Å². The van der Waals surface area contributed by atoms with Crippen LogP contribution in [0, 0.1) is 11.3 Å². The fourth-order valence-corrected chi connectivity index (χ4v) is 2.29. The topological polar surface area (TPSA) is 111 Å². The number of aliphatic carboxylic acids is 1. The Morgan fingerprint density at radius 2 is 1.88 bits per heavy atom. The zero-order chi connectivity index (χ0) is 18.4. The van der Waals surface area contributed by atoms with Crippen molar-refractivity contribution in [2.24, 2.45) is 0 Å². The molecular formula is C18H17N3O4. The van der Waals surface area contributed by atoms with Gasteiger partial charge >= 0.3 is 5.97 Å². The zero-order valence-corrected chi connectivity index (χ0v) is 13.7. The van der Waals surface area contributed by atoms with E-state index in [1.807, 2.05) is 6.07 Å². The first-order valence-electron chi connectivity index (χ1n) is 7.39. The molecule has 128 valence electrons. The van der Waals surface area contributed by atoms with E-state index < -0.39 is 12.0 Å². The average molecular weight is 339 g/mol. The molecule has 3 N–H and O–H groups in total. The Morgan fingerprint density at radius 3 is 2.40 bits per heavy atom. The molecular weight excluding hydrogens is 322 g/mol. The maximum Gasteiger partial charge on any atom is 0.330 e. The van der Waals surface area contributed by atoms with E-state index >= 15 is 0 Å². The van der Waals surface area contributed by atoms with Crippen molar-refractivity contribution in [1.82, 2.24) is 0 Å². The second kappa shape index (κ2) is 7.84. The molecule has 0 saturated heterocycles. The van der Waals surface area contributed by atoms with Gasteiger partial charge in [0.15, 0.2) is 6.04 Å². The number of carbonyl (C=O) groups is 2. The van der Waals surface area contributed by atoms with E-state index in [0.717, 1.165) is 0 Å². The van der Waals surface area contributed by atoms with Gasteiger partial charge in [0, 0.05) is 12.6 Å². The van der Waals surface area contributed by atoms with Gasteiger partial charge in [0.05, 0.1) is 24.4 Å². The van der Waals surface area contributed by atoms with Crippen LogP contribution in [0.4, 0.5) is 11.4 Å². The molecule has 7 nitrogen and oxygen atoms in total. The number of hydrogen-bond acceptors (Lipinski definition) is 5. The number of nitrogens with one attached hydrogen (secondary N) is 2. The van der Waals surface area contributed by atoms with E-state index in [2.05, 4.69) is 10.6 Å². The minimum Gasteiger partial charge on any atom is -0.495 e. The van der Waals surface area contributed by atoms with Gasteiger partial charge in [-0.05, 0) is 42.0 Å². The van der Waals surface area contributed by atoms with E-state index in [9.17, 15) is 14.7 Å². The number of rotatable bonds is 6. The highest BCUT2D eigenvalue weighted by Crippen LogP contribution is 2.30. The highest BCUT2D eigenvalue weighted by Gasteiger charge is 2.21. The highest BCUT2D eigenvalue weighted by atomic mass is 16.5. The lowest BCUT2D eigenvalue weighted by Gasteiger charge is -2.18. The standard InChI is InChI=1S/C18H17N3O4/c1-11(22)20-15-9-13(5-8-16(15)25-2)17(18(23)24)21-14-6-3-12(10-19)4-7-14/h3-9,17,21H,1-2H3,(H,20,22)(H,23,24). The normalized spacial score (nSPS) is 11.1. The summed E-state index contributed by atoms with van der Waals surface area (Å²) in [5, 5.41) is 23.9. The van der Waals surface area contributed by atoms with Crippen molar-refractivity contribution < 1.29 is 19.4 Å². The Labute approximate surface area is 144 Å². The van der Waals surface area contributed by atoms with Gasteiger partial charge in [-0.15, -0.1) is 0 Å². The molecule has 0 aliphatic rings. The number of carbonyl (C=O) groups excluding carboxylic acids is 1. The zero-order valence-electron chi connectivity index (χ0n) is 13.7. The smallest absolute Gasteiger partial charge is 0.330 e. The molecule has 2 aromatic rings. The highest BCUT2D eigenvalue weighted by molar-refractivity contribution is 5.91. The van der Waals surface area contributed by atoms with Crippen LogP contribution >= 0.6 is 0 Å². The summed E-state index contributed by atoms with van der Waals surface area (Å²) in [4.78, 5) is 23.0. The molecule has 0 aromatic heterocycles. The van der Waals surface area contributed by atoms with E-state index in [-0.39, 0.29) is 5.91 Å². The quantitative estimate of drug-likeness (QED) is 0.746. The van der Waals surface area contributed by atoms with Gasteiger partial charge in [-0.1, -0.05) is 6.07 Å². The third-order valence-electron chi connectivity index (χ3n) is 3.44. The van der Waals surface area contributed by atoms with Gasteiger partial charge in [-0.25, -0.2) is 4.79 Å². The van der Waals surface area contributed by atoms with Crippen molar-refractivity contribution in [3.05, 3.63) is 53.6 Å². The van der Waals surface area contributed by atoms with Gasteiger partial charge in [0.2, 0.25) is 5.91 Å². The first-order valence-corrected chi connectivity index (χ1v) is 7.39. The number of anilines is 2.